The zero-order valence-corrected chi connectivity index (χ0v) is 16.2. The summed E-state index contributed by atoms with van der Waals surface area (Å²) in [5.74, 6) is 1.14. The van der Waals surface area contributed by atoms with Gasteiger partial charge in [-0.1, -0.05) is 0 Å². The Kier molecular flexibility index (Phi) is 4.64. The molecular weight excluding hydrogens is 354 g/mol. The van der Waals surface area contributed by atoms with Crippen LogP contribution in [0, 0.1) is 0 Å². The Morgan fingerprint density at radius 3 is 2.61 bits per heavy atom. The summed E-state index contributed by atoms with van der Waals surface area (Å²) in [4.78, 5) is 26.2. The first-order valence-corrected chi connectivity index (χ1v) is 10.3. The molecule has 1 unspecified atom stereocenters. The smallest absolute Gasteiger partial charge is 0.253 e. The minimum absolute atomic E-state index is 0.149. The van der Waals surface area contributed by atoms with Gasteiger partial charge in [0.05, 0.1) is 6.54 Å². The monoisotopic (exact) mass is 381 g/mol. The molecule has 1 spiro atoms. The molecule has 0 aliphatic carbocycles. The lowest BCUT2D eigenvalue weighted by Crippen LogP contribution is -2.54. The van der Waals surface area contributed by atoms with Crippen LogP contribution in [0.5, 0.6) is 0 Å². The van der Waals surface area contributed by atoms with E-state index in [1.54, 1.807) is 0 Å². The highest BCUT2D eigenvalue weighted by molar-refractivity contribution is 5.81. The number of carbonyl (C=O) groups excluding carboxylic acids is 1. The number of aromatic nitrogens is 3. The summed E-state index contributed by atoms with van der Waals surface area (Å²) in [7, 11) is 0. The van der Waals surface area contributed by atoms with Crippen molar-refractivity contribution in [1.29, 1.82) is 0 Å². The molecule has 5 heterocycles. The van der Waals surface area contributed by atoms with E-state index in [9.17, 15) is 4.79 Å². The first kappa shape index (κ1) is 17.8. The molecule has 0 N–H and O–H groups in total. The van der Waals surface area contributed by atoms with Gasteiger partial charge in [0, 0.05) is 57.5 Å². The number of carbonyl (C=O) groups is 1. The zero-order valence-electron chi connectivity index (χ0n) is 16.2. The summed E-state index contributed by atoms with van der Waals surface area (Å²) in [6, 6.07) is 4.14. The number of imidazole rings is 1. The van der Waals surface area contributed by atoms with Crippen LogP contribution in [0.25, 0.3) is 0 Å². The van der Waals surface area contributed by atoms with Crippen molar-refractivity contribution in [2.24, 2.45) is 0 Å². The molecule has 3 aliphatic rings. The second-order valence-electron chi connectivity index (χ2n) is 8.17. The number of pyridine rings is 1. The fourth-order valence-corrected chi connectivity index (χ4v) is 4.83. The van der Waals surface area contributed by atoms with Gasteiger partial charge in [-0.05, 0) is 43.4 Å². The van der Waals surface area contributed by atoms with Crippen molar-refractivity contribution in [2.45, 2.75) is 50.5 Å². The number of amides is 1. The van der Waals surface area contributed by atoms with Crippen LogP contribution in [0.3, 0.4) is 0 Å². The lowest BCUT2D eigenvalue weighted by molar-refractivity contribution is -0.180. The number of rotatable bonds is 3. The Morgan fingerprint density at radius 1 is 1.11 bits per heavy atom. The van der Waals surface area contributed by atoms with Gasteiger partial charge in [-0.3, -0.25) is 14.7 Å². The van der Waals surface area contributed by atoms with Crippen molar-refractivity contribution < 1.29 is 9.53 Å². The van der Waals surface area contributed by atoms with Crippen LogP contribution in [0.4, 0.5) is 0 Å². The molecule has 0 bridgehead atoms. The van der Waals surface area contributed by atoms with E-state index in [2.05, 4.69) is 31.6 Å². The number of nitrogens with zero attached hydrogens (tertiary/aromatic N) is 5. The predicted octanol–water partition coefficient (Wildman–Crippen LogP) is 1.79. The Bertz CT molecular complexity index is 822. The average Bonchev–Trinajstić information content (AvgIpc) is 3.42. The molecule has 1 amide bonds. The van der Waals surface area contributed by atoms with Gasteiger partial charge in [-0.25, -0.2) is 4.98 Å². The van der Waals surface area contributed by atoms with Crippen molar-refractivity contribution in [2.75, 3.05) is 26.2 Å². The third kappa shape index (κ3) is 3.22. The molecule has 2 saturated heterocycles. The van der Waals surface area contributed by atoms with Gasteiger partial charge in [-0.15, -0.1) is 0 Å². The van der Waals surface area contributed by atoms with E-state index in [1.165, 1.54) is 5.56 Å². The minimum Gasteiger partial charge on any atom is -0.352 e. The second kappa shape index (κ2) is 7.29. The standard InChI is InChI=1S/C21H27N5O2/c27-19(25-10-1-2-11-25)18-16-26-14-9-23-20(26)21(28-18)5-12-24(13-6-21)15-17-3-7-22-8-4-17/h3-4,7-9,14,18H,1-2,5-6,10-13,15-16H2. The van der Waals surface area contributed by atoms with Gasteiger partial charge >= 0.3 is 0 Å². The molecular formula is C21H27N5O2. The molecule has 0 radical (unpaired) electrons. The van der Waals surface area contributed by atoms with Gasteiger partial charge in [0.2, 0.25) is 0 Å². The molecule has 0 aromatic carbocycles. The first-order chi connectivity index (χ1) is 13.7. The summed E-state index contributed by atoms with van der Waals surface area (Å²) in [5, 5.41) is 0. The summed E-state index contributed by atoms with van der Waals surface area (Å²) >= 11 is 0. The highest BCUT2D eigenvalue weighted by Crippen LogP contribution is 2.40. The number of hydrogen-bond donors (Lipinski definition) is 0. The number of piperidine rings is 1. The van der Waals surface area contributed by atoms with Crippen molar-refractivity contribution >= 4 is 5.91 Å². The van der Waals surface area contributed by atoms with Crippen molar-refractivity contribution in [3.63, 3.8) is 0 Å². The Hall–Kier alpha value is -2.25. The predicted molar refractivity (Wildman–Crippen MR) is 103 cm³/mol. The van der Waals surface area contributed by atoms with Crippen molar-refractivity contribution in [3.8, 4) is 0 Å². The summed E-state index contributed by atoms with van der Waals surface area (Å²) < 4.78 is 8.70. The normalized spacial score (nSPS) is 24.4. The molecule has 2 aromatic heterocycles. The van der Waals surface area contributed by atoms with Gasteiger partial charge in [0.15, 0.2) is 6.10 Å². The topological polar surface area (TPSA) is 63.5 Å². The quantitative estimate of drug-likeness (QED) is 0.811. The molecule has 0 saturated carbocycles. The second-order valence-corrected chi connectivity index (χ2v) is 8.17. The highest BCUT2D eigenvalue weighted by Gasteiger charge is 2.47. The number of ether oxygens (including phenoxy) is 1. The lowest BCUT2D eigenvalue weighted by atomic mass is 9.88. The molecule has 1 atom stereocenters. The van der Waals surface area contributed by atoms with Crippen LogP contribution >= 0.6 is 0 Å². The largest absolute Gasteiger partial charge is 0.352 e. The van der Waals surface area contributed by atoms with Crippen LogP contribution < -0.4 is 0 Å². The number of hydrogen-bond acceptors (Lipinski definition) is 5. The van der Waals surface area contributed by atoms with Crippen LogP contribution in [0.15, 0.2) is 36.9 Å². The van der Waals surface area contributed by atoms with E-state index >= 15 is 0 Å². The average molecular weight is 381 g/mol. The van der Waals surface area contributed by atoms with Gasteiger partial charge in [0.25, 0.3) is 5.91 Å². The maximum Gasteiger partial charge on any atom is 0.253 e. The SMILES string of the molecule is O=C(C1Cn2ccnc2C2(CCN(Cc3ccncc3)CC2)O1)N1CCCC1. The van der Waals surface area contributed by atoms with Crippen molar-refractivity contribution in [3.05, 3.63) is 48.3 Å². The summed E-state index contributed by atoms with van der Waals surface area (Å²) in [6.45, 7) is 5.08. The number of likely N-dealkylation sites (tertiary alicyclic amines) is 2. The van der Waals surface area contributed by atoms with Crippen LogP contribution in [-0.2, 0) is 28.2 Å². The highest BCUT2D eigenvalue weighted by atomic mass is 16.5. The molecule has 3 aliphatic heterocycles. The lowest BCUT2D eigenvalue weighted by Gasteiger charge is -2.46. The molecule has 5 rings (SSSR count). The van der Waals surface area contributed by atoms with Crippen LogP contribution in [0.2, 0.25) is 0 Å². The first-order valence-electron chi connectivity index (χ1n) is 10.3. The molecule has 2 fully saturated rings. The molecule has 148 valence electrons. The third-order valence-electron chi connectivity index (χ3n) is 6.37. The van der Waals surface area contributed by atoms with E-state index in [-0.39, 0.29) is 5.91 Å². The maximum atomic E-state index is 13.0. The maximum absolute atomic E-state index is 13.0. The van der Waals surface area contributed by atoms with Crippen LogP contribution in [0.1, 0.15) is 37.1 Å². The van der Waals surface area contributed by atoms with E-state index < -0.39 is 11.7 Å². The Labute approximate surface area is 165 Å². The third-order valence-corrected chi connectivity index (χ3v) is 6.37. The summed E-state index contributed by atoms with van der Waals surface area (Å²) in [5.41, 5.74) is 0.829. The van der Waals surface area contributed by atoms with Gasteiger partial charge < -0.3 is 14.2 Å². The fourth-order valence-electron chi connectivity index (χ4n) is 4.83. The van der Waals surface area contributed by atoms with Gasteiger partial charge in [-0.2, -0.15) is 0 Å². The minimum atomic E-state index is -0.448. The molecule has 7 nitrogen and oxygen atoms in total. The van der Waals surface area contributed by atoms with E-state index in [4.69, 9.17) is 4.74 Å². The van der Waals surface area contributed by atoms with Gasteiger partial charge in [0.1, 0.15) is 11.4 Å². The summed E-state index contributed by atoms with van der Waals surface area (Å²) in [6.07, 6.45) is 11.0. The van der Waals surface area contributed by atoms with E-state index in [0.29, 0.717) is 6.54 Å². The van der Waals surface area contributed by atoms with E-state index in [0.717, 1.165) is 64.2 Å². The zero-order chi connectivity index (χ0) is 19.0. The van der Waals surface area contributed by atoms with Crippen molar-refractivity contribution in [1.82, 2.24) is 24.3 Å². The number of fused-ring (bicyclic) bond motifs is 2. The Morgan fingerprint density at radius 2 is 1.86 bits per heavy atom. The molecule has 28 heavy (non-hydrogen) atoms. The molecule has 7 heteroatoms. The van der Waals surface area contributed by atoms with Crippen LogP contribution in [-0.4, -0.2) is 62.5 Å². The Balaban J connectivity index is 1.32. The molecule has 2 aromatic rings. The fraction of sp³-hybridized carbons (Fsp3) is 0.571. The van der Waals surface area contributed by atoms with E-state index in [1.807, 2.05) is 29.7 Å².